The molecule has 1 N–H and O–H groups in total. The van der Waals surface area contributed by atoms with Crippen molar-refractivity contribution in [3.05, 3.63) is 11.2 Å². The number of ether oxygens (including phenoxy) is 1. The summed E-state index contributed by atoms with van der Waals surface area (Å²) in [5.41, 5.74) is 1.82. The van der Waals surface area contributed by atoms with E-state index in [0.29, 0.717) is 11.6 Å². The molecular weight excluding hydrogens is 266 g/mol. The summed E-state index contributed by atoms with van der Waals surface area (Å²) in [6, 6.07) is 0. The van der Waals surface area contributed by atoms with Crippen molar-refractivity contribution in [2.24, 2.45) is 0 Å². The van der Waals surface area contributed by atoms with E-state index >= 15 is 0 Å². The Morgan fingerprint density at radius 3 is 2.89 bits per heavy atom. The number of hydrogen-bond donors (Lipinski definition) is 1. The SMILES string of the molecule is CCOC(=O)c1ncsc1NCC(=O)N1CCCC1. The standard InChI is InChI=1S/C12H17N3O3S/c1-2-18-12(17)10-11(19-8-14-10)13-7-9(16)15-5-3-4-6-15/h8,13H,2-7H2,1H3. The monoisotopic (exact) mass is 283 g/mol. The van der Waals surface area contributed by atoms with Crippen LogP contribution in [0.4, 0.5) is 5.00 Å². The Labute approximate surface area is 115 Å². The largest absolute Gasteiger partial charge is 0.461 e. The smallest absolute Gasteiger partial charge is 0.360 e. The highest BCUT2D eigenvalue weighted by molar-refractivity contribution is 7.14. The number of nitrogens with one attached hydrogen (secondary N) is 1. The van der Waals surface area contributed by atoms with E-state index in [1.54, 1.807) is 12.4 Å². The van der Waals surface area contributed by atoms with Gasteiger partial charge in [-0.05, 0) is 19.8 Å². The highest BCUT2D eigenvalue weighted by Crippen LogP contribution is 2.21. The quantitative estimate of drug-likeness (QED) is 0.826. The topological polar surface area (TPSA) is 71.5 Å². The Morgan fingerprint density at radius 1 is 1.47 bits per heavy atom. The molecule has 6 nitrogen and oxygen atoms in total. The fraction of sp³-hybridized carbons (Fsp3) is 0.583. The van der Waals surface area contributed by atoms with Gasteiger partial charge < -0.3 is 15.0 Å². The lowest BCUT2D eigenvalue weighted by atomic mass is 10.4. The Morgan fingerprint density at radius 2 is 2.21 bits per heavy atom. The van der Waals surface area contributed by atoms with Crippen LogP contribution in [0.15, 0.2) is 5.51 Å². The van der Waals surface area contributed by atoms with Crippen LogP contribution in [0.5, 0.6) is 0 Å². The van der Waals surface area contributed by atoms with Crippen molar-refractivity contribution >= 4 is 28.2 Å². The molecule has 0 atom stereocenters. The number of likely N-dealkylation sites (tertiary alicyclic amines) is 1. The Bertz CT molecular complexity index is 455. The Hall–Kier alpha value is -1.63. The second-order valence-corrected chi connectivity index (χ2v) is 5.05. The van der Waals surface area contributed by atoms with Crippen LogP contribution >= 0.6 is 11.3 Å². The van der Waals surface area contributed by atoms with Gasteiger partial charge in [-0.3, -0.25) is 4.79 Å². The number of thiazole rings is 1. The van der Waals surface area contributed by atoms with E-state index in [1.165, 1.54) is 11.3 Å². The summed E-state index contributed by atoms with van der Waals surface area (Å²) in [5, 5.41) is 3.56. The van der Waals surface area contributed by atoms with Crippen molar-refractivity contribution < 1.29 is 14.3 Å². The molecule has 1 amide bonds. The van der Waals surface area contributed by atoms with Crippen molar-refractivity contribution in [3.8, 4) is 0 Å². The van der Waals surface area contributed by atoms with E-state index in [0.717, 1.165) is 25.9 Å². The van der Waals surface area contributed by atoms with Crippen LogP contribution < -0.4 is 5.32 Å². The number of carbonyl (C=O) groups excluding carboxylic acids is 2. The molecule has 1 aromatic rings. The summed E-state index contributed by atoms with van der Waals surface area (Å²) in [4.78, 5) is 29.3. The van der Waals surface area contributed by atoms with E-state index < -0.39 is 5.97 Å². The maximum Gasteiger partial charge on any atom is 0.360 e. The second-order valence-electron chi connectivity index (χ2n) is 4.19. The van der Waals surface area contributed by atoms with Gasteiger partial charge in [0.05, 0.1) is 18.7 Å². The molecule has 2 rings (SSSR count). The number of anilines is 1. The number of amides is 1. The molecule has 7 heteroatoms. The maximum absolute atomic E-state index is 11.9. The number of esters is 1. The lowest BCUT2D eigenvalue weighted by molar-refractivity contribution is -0.128. The summed E-state index contributed by atoms with van der Waals surface area (Å²) in [5.74, 6) is -0.402. The third-order valence-corrected chi connectivity index (χ3v) is 3.68. The third-order valence-electron chi connectivity index (χ3n) is 2.90. The van der Waals surface area contributed by atoms with Gasteiger partial charge in [0.15, 0.2) is 5.69 Å². The second kappa shape index (κ2) is 6.51. The molecule has 0 spiro atoms. The molecule has 19 heavy (non-hydrogen) atoms. The van der Waals surface area contributed by atoms with Gasteiger partial charge >= 0.3 is 5.97 Å². The van der Waals surface area contributed by atoms with Crippen molar-refractivity contribution in [2.45, 2.75) is 19.8 Å². The summed E-state index contributed by atoms with van der Waals surface area (Å²) in [6.45, 7) is 3.90. The first-order valence-corrected chi connectivity index (χ1v) is 7.22. The molecule has 1 aliphatic rings. The van der Waals surface area contributed by atoms with Crippen LogP contribution in [0.1, 0.15) is 30.3 Å². The zero-order valence-corrected chi connectivity index (χ0v) is 11.7. The number of rotatable bonds is 5. The molecule has 2 heterocycles. The van der Waals surface area contributed by atoms with Crippen molar-refractivity contribution in [1.82, 2.24) is 9.88 Å². The molecule has 0 aromatic carbocycles. The summed E-state index contributed by atoms with van der Waals surface area (Å²) < 4.78 is 4.90. The average Bonchev–Trinajstić information content (AvgIpc) is 3.07. The van der Waals surface area contributed by atoms with Crippen LogP contribution in [-0.4, -0.2) is 48.0 Å². The lowest BCUT2D eigenvalue weighted by Crippen LogP contribution is -2.33. The molecule has 0 bridgehead atoms. The molecular formula is C12H17N3O3S. The van der Waals surface area contributed by atoms with E-state index in [4.69, 9.17) is 4.74 Å². The number of nitrogens with zero attached hydrogens (tertiary/aromatic N) is 2. The average molecular weight is 283 g/mol. The minimum atomic E-state index is -0.458. The summed E-state index contributed by atoms with van der Waals surface area (Å²) in [6.07, 6.45) is 2.14. The van der Waals surface area contributed by atoms with Crippen LogP contribution in [0, 0.1) is 0 Å². The van der Waals surface area contributed by atoms with Gasteiger partial charge in [0.1, 0.15) is 5.00 Å². The number of aromatic nitrogens is 1. The van der Waals surface area contributed by atoms with Crippen molar-refractivity contribution in [2.75, 3.05) is 31.6 Å². The Kier molecular flexibility index (Phi) is 4.73. The number of carbonyl (C=O) groups is 2. The van der Waals surface area contributed by atoms with E-state index in [2.05, 4.69) is 10.3 Å². The molecule has 0 aliphatic carbocycles. The highest BCUT2D eigenvalue weighted by atomic mass is 32.1. The molecule has 0 unspecified atom stereocenters. The van der Waals surface area contributed by atoms with Gasteiger partial charge in [0.2, 0.25) is 5.91 Å². The first kappa shape index (κ1) is 13.8. The van der Waals surface area contributed by atoms with Gasteiger partial charge in [-0.2, -0.15) is 0 Å². The van der Waals surface area contributed by atoms with E-state index in [9.17, 15) is 9.59 Å². The highest BCUT2D eigenvalue weighted by Gasteiger charge is 2.20. The molecule has 0 saturated carbocycles. The summed E-state index contributed by atoms with van der Waals surface area (Å²) in [7, 11) is 0. The first-order valence-electron chi connectivity index (χ1n) is 6.34. The Balaban J connectivity index is 1.90. The minimum absolute atomic E-state index is 0.0562. The van der Waals surface area contributed by atoms with Gasteiger partial charge in [-0.15, -0.1) is 11.3 Å². The van der Waals surface area contributed by atoms with Gasteiger partial charge in [0, 0.05) is 13.1 Å². The zero-order valence-electron chi connectivity index (χ0n) is 10.8. The molecule has 1 aromatic heterocycles. The zero-order chi connectivity index (χ0) is 13.7. The summed E-state index contributed by atoms with van der Waals surface area (Å²) >= 11 is 1.29. The molecule has 1 saturated heterocycles. The van der Waals surface area contributed by atoms with Gasteiger partial charge in [0.25, 0.3) is 0 Å². The van der Waals surface area contributed by atoms with Crippen molar-refractivity contribution in [3.63, 3.8) is 0 Å². The fourth-order valence-corrected chi connectivity index (χ4v) is 2.62. The van der Waals surface area contributed by atoms with E-state index in [1.807, 2.05) is 4.90 Å². The minimum Gasteiger partial charge on any atom is -0.461 e. The maximum atomic E-state index is 11.9. The van der Waals surface area contributed by atoms with Crippen LogP contribution in [0.25, 0.3) is 0 Å². The molecule has 1 aliphatic heterocycles. The van der Waals surface area contributed by atoms with Crippen LogP contribution in [-0.2, 0) is 9.53 Å². The first-order chi connectivity index (χ1) is 9.22. The number of hydrogen-bond acceptors (Lipinski definition) is 6. The lowest BCUT2D eigenvalue weighted by Gasteiger charge is -2.15. The molecule has 0 radical (unpaired) electrons. The molecule has 1 fully saturated rings. The fourth-order valence-electron chi connectivity index (χ4n) is 1.95. The predicted octanol–water partition coefficient (Wildman–Crippen LogP) is 1.35. The molecule has 104 valence electrons. The predicted molar refractivity (Wildman–Crippen MR) is 72.4 cm³/mol. The van der Waals surface area contributed by atoms with Gasteiger partial charge in [-0.25, -0.2) is 9.78 Å². The van der Waals surface area contributed by atoms with Crippen LogP contribution in [0.2, 0.25) is 0 Å². The normalized spacial score (nSPS) is 14.5. The van der Waals surface area contributed by atoms with Gasteiger partial charge in [-0.1, -0.05) is 0 Å². The van der Waals surface area contributed by atoms with Crippen LogP contribution in [0.3, 0.4) is 0 Å². The third kappa shape index (κ3) is 3.44. The van der Waals surface area contributed by atoms with E-state index in [-0.39, 0.29) is 18.1 Å². The van der Waals surface area contributed by atoms with Crippen molar-refractivity contribution in [1.29, 1.82) is 0 Å².